The quantitative estimate of drug-likeness (QED) is 0.898. The van der Waals surface area contributed by atoms with Gasteiger partial charge in [-0.15, -0.1) is 0 Å². The molecular formula is C13H15F2NO2. The highest BCUT2D eigenvalue weighted by atomic mass is 19.3. The highest BCUT2D eigenvalue weighted by Crippen LogP contribution is 2.41. The van der Waals surface area contributed by atoms with E-state index in [1.807, 2.05) is 30.3 Å². The van der Waals surface area contributed by atoms with Crippen LogP contribution in [0.1, 0.15) is 18.4 Å². The van der Waals surface area contributed by atoms with Crippen molar-refractivity contribution >= 4 is 6.09 Å². The van der Waals surface area contributed by atoms with Gasteiger partial charge in [0, 0.05) is 19.4 Å². The second-order valence-corrected chi connectivity index (χ2v) is 4.57. The lowest BCUT2D eigenvalue weighted by Gasteiger charge is -2.34. The number of alkyl halides is 2. The van der Waals surface area contributed by atoms with Gasteiger partial charge in [-0.25, -0.2) is 13.6 Å². The lowest BCUT2D eigenvalue weighted by atomic mass is 9.81. The molecule has 3 nitrogen and oxygen atoms in total. The Bertz CT molecular complexity index is 401. The van der Waals surface area contributed by atoms with Gasteiger partial charge >= 0.3 is 6.09 Å². The summed E-state index contributed by atoms with van der Waals surface area (Å²) in [4.78, 5) is 11.3. The van der Waals surface area contributed by atoms with Gasteiger partial charge in [-0.1, -0.05) is 30.3 Å². The maximum Gasteiger partial charge on any atom is 0.407 e. The lowest BCUT2D eigenvalue weighted by molar-refractivity contribution is -0.108. The zero-order valence-corrected chi connectivity index (χ0v) is 9.86. The molecule has 0 heterocycles. The summed E-state index contributed by atoms with van der Waals surface area (Å²) in [6, 6.07) is 9.28. The molecule has 18 heavy (non-hydrogen) atoms. The second kappa shape index (κ2) is 5.33. The van der Waals surface area contributed by atoms with Crippen LogP contribution in [0, 0.1) is 5.92 Å². The van der Waals surface area contributed by atoms with Crippen molar-refractivity contribution in [3.05, 3.63) is 35.9 Å². The minimum Gasteiger partial charge on any atom is -0.445 e. The minimum absolute atomic E-state index is 0.135. The first-order valence-corrected chi connectivity index (χ1v) is 5.87. The third-order valence-corrected chi connectivity index (χ3v) is 2.92. The van der Waals surface area contributed by atoms with E-state index in [4.69, 9.17) is 4.74 Å². The number of ether oxygens (including phenoxy) is 1. The number of nitrogens with one attached hydrogen (secondary N) is 1. The Morgan fingerprint density at radius 1 is 1.33 bits per heavy atom. The summed E-state index contributed by atoms with van der Waals surface area (Å²) in [6.45, 7) is 0.441. The van der Waals surface area contributed by atoms with Gasteiger partial charge in [0.25, 0.3) is 0 Å². The number of alkyl carbamates (subject to hydrolysis) is 1. The average Bonchev–Trinajstić information content (AvgIpc) is 2.32. The molecule has 0 spiro atoms. The Balaban J connectivity index is 1.61. The van der Waals surface area contributed by atoms with Crippen LogP contribution in [0.25, 0.3) is 0 Å². The van der Waals surface area contributed by atoms with Crippen molar-refractivity contribution in [2.24, 2.45) is 5.92 Å². The number of benzene rings is 1. The molecule has 98 valence electrons. The summed E-state index contributed by atoms with van der Waals surface area (Å²) < 4.78 is 30.0. The van der Waals surface area contributed by atoms with Crippen molar-refractivity contribution in [2.45, 2.75) is 25.4 Å². The smallest absolute Gasteiger partial charge is 0.407 e. The Morgan fingerprint density at radius 2 is 2.00 bits per heavy atom. The maximum absolute atomic E-state index is 12.5. The number of halogens is 2. The van der Waals surface area contributed by atoms with Crippen LogP contribution in [-0.2, 0) is 11.3 Å². The van der Waals surface area contributed by atoms with Crippen LogP contribution in [0.15, 0.2) is 30.3 Å². The van der Waals surface area contributed by atoms with Crippen LogP contribution in [0.2, 0.25) is 0 Å². The second-order valence-electron chi connectivity index (χ2n) is 4.57. The van der Waals surface area contributed by atoms with E-state index in [0.717, 1.165) is 5.56 Å². The number of carbonyl (C=O) groups excluding carboxylic acids is 1. The molecule has 1 aliphatic rings. The Hall–Kier alpha value is -1.65. The van der Waals surface area contributed by atoms with Crippen LogP contribution < -0.4 is 5.32 Å². The first kappa shape index (κ1) is 12.8. The summed E-state index contributed by atoms with van der Waals surface area (Å²) in [5, 5.41) is 2.50. The molecule has 1 aromatic carbocycles. The average molecular weight is 255 g/mol. The molecule has 0 atom stereocenters. The van der Waals surface area contributed by atoms with Crippen molar-refractivity contribution in [2.75, 3.05) is 6.54 Å². The molecule has 0 aromatic heterocycles. The molecule has 1 fully saturated rings. The largest absolute Gasteiger partial charge is 0.445 e. The number of hydrogen-bond donors (Lipinski definition) is 1. The maximum atomic E-state index is 12.5. The molecule has 0 bridgehead atoms. The van der Waals surface area contributed by atoms with Gasteiger partial charge < -0.3 is 10.1 Å². The van der Waals surface area contributed by atoms with Gasteiger partial charge in [0.15, 0.2) is 0 Å². The number of carbonyl (C=O) groups is 1. The van der Waals surface area contributed by atoms with Gasteiger partial charge in [-0.05, 0) is 11.5 Å². The summed E-state index contributed by atoms with van der Waals surface area (Å²) in [7, 11) is 0. The summed E-state index contributed by atoms with van der Waals surface area (Å²) in [6.07, 6.45) is -0.855. The van der Waals surface area contributed by atoms with E-state index in [9.17, 15) is 13.6 Å². The van der Waals surface area contributed by atoms with E-state index in [1.165, 1.54) is 0 Å². The lowest BCUT2D eigenvalue weighted by Crippen LogP contribution is -2.42. The molecule has 0 aliphatic heterocycles. The molecule has 1 aromatic rings. The first-order chi connectivity index (χ1) is 8.55. The molecule has 2 rings (SSSR count). The van der Waals surface area contributed by atoms with Gasteiger partial charge in [0.1, 0.15) is 6.61 Å². The highest BCUT2D eigenvalue weighted by Gasteiger charge is 2.45. The molecule has 5 heteroatoms. The predicted octanol–water partition coefficient (Wildman–Crippen LogP) is 2.96. The van der Waals surface area contributed by atoms with Crippen LogP contribution >= 0.6 is 0 Å². The van der Waals surface area contributed by atoms with E-state index in [0.29, 0.717) is 0 Å². The van der Waals surface area contributed by atoms with Crippen LogP contribution in [-0.4, -0.2) is 18.6 Å². The Morgan fingerprint density at radius 3 is 2.61 bits per heavy atom. The van der Waals surface area contributed by atoms with Crippen molar-refractivity contribution in [1.29, 1.82) is 0 Å². The zero-order chi connectivity index (χ0) is 13.0. The number of rotatable bonds is 4. The van der Waals surface area contributed by atoms with E-state index in [1.54, 1.807) is 0 Å². The van der Waals surface area contributed by atoms with Gasteiger partial charge in [0.2, 0.25) is 5.92 Å². The summed E-state index contributed by atoms with van der Waals surface area (Å²) in [5.74, 6) is -2.68. The van der Waals surface area contributed by atoms with Crippen LogP contribution in [0.4, 0.5) is 13.6 Å². The topological polar surface area (TPSA) is 38.3 Å². The van der Waals surface area contributed by atoms with Crippen LogP contribution in [0.3, 0.4) is 0 Å². The molecule has 1 saturated carbocycles. The van der Waals surface area contributed by atoms with Crippen molar-refractivity contribution in [3.8, 4) is 0 Å². The fourth-order valence-corrected chi connectivity index (χ4v) is 1.93. The van der Waals surface area contributed by atoms with Crippen molar-refractivity contribution in [3.63, 3.8) is 0 Å². The zero-order valence-electron chi connectivity index (χ0n) is 9.86. The van der Waals surface area contributed by atoms with Gasteiger partial charge in [-0.3, -0.25) is 0 Å². The fraction of sp³-hybridized carbons (Fsp3) is 0.462. The molecular weight excluding hydrogens is 240 g/mol. The van der Waals surface area contributed by atoms with E-state index >= 15 is 0 Å². The molecule has 1 amide bonds. The minimum atomic E-state index is -2.54. The molecule has 0 unspecified atom stereocenters. The van der Waals surface area contributed by atoms with E-state index < -0.39 is 12.0 Å². The Kier molecular flexibility index (Phi) is 3.79. The van der Waals surface area contributed by atoms with E-state index in [-0.39, 0.29) is 31.9 Å². The Labute approximate surface area is 104 Å². The van der Waals surface area contributed by atoms with Crippen LogP contribution in [0.5, 0.6) is 0 Å². The normalized spacial score (nSPS) is 17.9. The third kappa shape index (κ3) is 3.68. The summed E-state index contributed by atoms with van der Waals surface area (Å²) >= 11 is 0. The van der Waals surface area contributed by atoms with Gasteiger partial charge in [0.05, 0.1) is 0 Å². The predicted molar refractivity (Wildman–Crippen MR) is 62.3 cm³/mol. The van der Waals surface area contributed by atoms with E-state index in [2.05, 4.69) is 5.32 Å². The number of hydrogen-bond acceptors (Lipinski definition) is 2. The molecule has 0 saturated heterocycles. The van der Waals surface area contributed by atoms with Crippen molar-refractivity contribution < 1.29 is 18.3 Å². The fourth-order valence-electron chi connectivity index (χ4n) is 1.93. The van der Waals surface area contributed by atoms with Crippen molar-refractivity contribution in [1.82, 2.24) is 5.32 Å². The molecule has 0 radical (unpaired) electrons. The monoisotopic (exact) mass is 255 g/mol. The third-order valence-electron chi connectivity index (χ3n) is 2.92. The standard InChI is InChI=1S/C13H15F2NO2/c14-13(15)6-11(7-13)8-16-12(17)18-9-10-4-2-1-3-5-10/h1-5,11H,6-9H2,(H,16,17). The summed E-state index contributed by atoms with van der Waals surface area (Å²) in [5.41, 5.74) is 0.892. The highest BCUT2D eigenvalue weighted by molar-refractivity contribution is 5.67. The molecule has 1 aliphatic carbocycles. The van der Waals surface area contributed by atoms with Gasteiger partial charge in [-0.2, -0.15) is 0 Å². The SMILES string of the molecule is O=C(NCC1CC(F)(F)C1)OCc1ccccc1. The first-order valence-electron chi connectivity index (χ1n) is 5.87. The molecule has 1 N–H and O–H groups in total. The number of amides is 1.